The molecule has 2 atom stereocenters. The molecule has 1 saturated heterocycles. The zero-order chi connectivity index (χ0) is 13.1. The minimum absolute atomic E-state index is 0.00232. The van der Waals surface area contributed by atoms with Crippen molar-refractivity contribution in [3.8, 4) is 5.75 Å². The van der Waals surface area contributed by atoms with Crippen LogP contribution in [-0.4, -0.2) is 41.2 Å². The lowest BCUT2D eigenvalue weighted by atomic mass is 10.2. The maximum Gasteiger partial charge on any atom is 0.225 e. The molecule has 1 aliphatic rings. The fraction of sp³-hybridized carbons (Fsp3) is 0.500. The molecule has 18 heavy (non-hydrogen) atoms. The van der Waals surface area contributed by atoms with Crippen LogP contribution in [0.5, 0.6) is 5.75 Å². The van der Waals surface area contributed by atoms with Crippen LogP contribution in [0, 0.1) is 6.92 Å². The molecule has 0 aromatic heterocycles. The number of likely N-dealkylation sites (tertiary alicyclic amines) is 1. The van der Waals surface area contributed by atoms with Gasteiger partial charge < -0.3 is 14.7 Å². The Kier molecular flexibility index (Phi) is 3.87. The Morgan fingerprint density at radius 3 is 2.67 bits per heavy atom. The van der Waals surface area contributed by atoms with Gasteiger partial charge in [-0.25, -0.2) is 0 Å². The number of aliphatic hydroxyl groups is 1. The SMILES string of the molecule is Cc1ccc(OCC(C)N2CC(O)CC2=O)cc1. The molecule has 0 spiro atoms. The van der Waals surface area contributed by atoms with Gasteiger partial charge >= 0.3 is 0 Å². The molecule has 1 aromatic carbocycles. The van der Waals surface area contributed by atoms with E-state index in [9.17, 15) is 9.90 Å². The van der Waals surface area contributed by atoms with Crippen LogP contribution < -0.4 is 4.74 Å². The van der Waals surface area contributed by atoms with Gasteiger partial charge in [0.25, 0.3) is 0 Å². The number of amides is 1. The number of hydrogen-bond acceptors (Lipinski definition) is 3. The molecule has 1 aliphatic heterocycles. The molecule has 2 rings (SSSR count). The quantitative estimate of drug-likeness (QED) is 0.876. The average molecular weight is 249 g/mol. The molecule has 1 N–H and O–H groups in total. The fourth-order valence-corrected chi connectivity index (χ4v) is 2.08. The summed E-state index contributed by atoms with van der Waals surface area (Å²) in [5.41, 5.74) is 1.19. The second-order valence-corrected chi connectivity index (χ2v) is 4.88. The van der Waals surface area contributed by atoms with Crippen LogP contribution in [-0.2, 0) is 4.79 Å². The van der Waals surface area contributed by atoms with Gasteiger partial charge in [0.1, 0.15) is 12.4 Å². The van der Waals surface area contributed by atoms with E-state index in [0.29, 0.717) is 13.2 Å². The lowest BCUT2D eigenvalue weighted by molar-refractivity contribution is -0.129. The first kappa shape index (κ1) is 12.9. The van der Waals surface area contributed by atoms with E-state index in [1.807, 2.05) is 38.1 Å². The Bertz CT molecular complexity index is 416. The monoisotopic (exact) mass is 249 g/mol. The van der Waals surface area contributed by atoms with Crippen molar-refractivity contribution in [2.24, 2.45) is 0 Å². The lowest BCUT2D eigenvalue weighted by Crippen LogP contribution is -2.38. The number of aryl methyl sites for hydroxylation is 1. The van der Waals surface area contributed by atoms with Gasteiger partial charge in [0.05, 0.1) is 18.6 Å². The number of carbonyl (C=O) groups excluding carboxylic acids is 1. The second kappa shape index (κ2) is 5.40. The predicted molar refractivity (Wildman–Crippen MR) is 68.5 cm³/mol. The number of aliphatic hydroxyl groups excluding tert-OH is 1. The first-order valence-electron chi connectivity index (χ1n) is 6.23. The molecule has 98 valence electrons. The zero-order valence-corrected chi connectivity index (χ0v) is 10.8. The number of β-amino-alcohol motifs (C(OH)–C–C–N with tert-alkyl or cyclic N) is 1. The molecule has 1 aromatic rings. The normalized spacial score (nSPS) is 21.2. The third-order valence-corrected chi connectivity index (χ3v) is 3.18. The highest BCUT2D eigenvalue weighted by molar-refractivity contribution is 5.79. The minimum atomic E-state index is -0.528. The molecule has 1 heterocycles. The highest BCUT2D eigenvalue weighted by Gasteiger charge is 2.31. The Morgan fingerprint density at radius 2 is 2.11 bits per heavy atom. The van der Waals surface area contributed by atoms with Gasteiger partial charge in [0.2, 0.25) is 5.91 Å². The topological polar surface area (TPSA) is 49.8 Å². The van der Waals surface area contributed by atoms with E-state index in [-0.39, 0.29) is 18.4 Å². The van der Waals surface area contributed by atoms with Crippen molar-refractivity contribution in [1.29, 1.82) is 0 Å². The van der Waals surface area contributed by atoms with Crippen molar-refractivity contribution in [3.63, 3.8) is 0 Å². The fourth-order valence-electron chi connectivity index (χ4n) is 2.08. The second-order valence-electron chi connectivity index (χ2n) is 4.88. The number of benzene rings is 1. The summed E-state index contributed by atoms with van der Waals surface area (Å²) in [7, 11) is 0. The van der Waals surface area contributed by atoms with Crippen molar-refractivity contribution in [1.82, 2.24) is 4.90 Å². The van der Waals surface area contributed by atoms with Gasteiger partial charge in [-0.3, -0.25) is 4.79 Å². The minimum Gasteiger partial charge on any atom is -0.491 e. The van der Waals surface area contributed by atoms with Gasteiger partial charge in [-0.15, -0.1) is 0 Å². The van der Waals surface area contributed by atoms with Gasteiger partial charge in [-0.2, -0.15) is 0 Å². The lowest BCUT2D eigenvalue weighted by Gasteiger charge is -2.24. The third kappa shape index (κ3) is 3.01. The molecule has 0 bridgehead atoms. The summed E-state index contributed by atoms with van der Waals surface area (Å²) in [5, 5.41) is 9.43. The summed E-state index contributed by atoms with van der Waals surface area (Å²) in [6, 6.07) is 7.80. The summed E-state index contributed by atoms with van der Waals surface area (Å²) in [6.07, 6.45) is -0.297. The first-order chi connectivity index (χ1) is 8.56. The van der Waals surface area contributed by atoms with Crippen LogP contribution in [0.15, 0.2) is 24.3 Å². The molecule has 4 heteroatoms. The number of rotatable bonds is 4. The van der Waals surface area contributed by atoms with Crippen molar-refractivity contribution >= 4 is 5.91 Å². The summed E-state index contributed by atoms with van der Waals surface area (Å²) in [4.78, 5) is 13.3. The van der Waals surface area contributed by atoms with E-state index >= 15 is 0 Å². The predicted octanol–water partition coefficient (Wildman–Crippen LogP) is 1.36. The van der Waals surface area contributed by atoms with Crippen molar-refractivity contribution in [3.05, 3.63) is 29.8 Å². The largest absolute Gasteiger partial charge is 0.491 e. The first-order valence-corrected chi connectivity index (χ1v) is 6.23. The Labute approximate surface area is 107 Å². The Morgan fingerprint density at radius 1 is 1.44 bits per heavy atom. The third-order valence-electron chi connectivity index (χ3n) is 3.18. The van der Waals surface area contributed by atoms with Gasteiger partial charge in [-0.05, 0) is 26.0 Å². The Hall–Kier alpha value is -1.55. The van der Waals surface area contributed by atoms with Crippen molar-refractivity contribution < 1.29 is 14.6 Å². The number of ether oxygens (including phenoxy) is 1. The van der Waals surface area contributed by atoms with Crippen molar-refractivity contribution in [2.75, 3.05) is 13.2 Å². The van der Waals surface area contributed by atoms with E-state index in [0.717, 1.165) is 5.75 Å². The standard InChI is InChI=1S/C14H19NO3/c1-10-3-5-13(6-4-10)18-9-11(2)15-8-12(16)7-14(15)17/h3-6,11-12,16H,7-9H2,1-2H3. The molecule has 0 saturated carbocycles. The zero-order valence-electron chi connectivity index (χ0n) is 10.8. The van der Waals surface area contributed by atoms with E-state index in [2.05, 4.69) is 0 Å². The van der Waals surface area contributed by atoms with Crippen LogP contribution in [0.2, 0.25) is 0 Å². The van der Waals surface area contributed by atoms with Gasteiger partial charge in [0, 0.05) is 6.54 Å². The highest BCUT2D eigenvalue weighted by atomic mass is 16.5. The van der Waals surface area contributed by atoms with Crippen LogP contribution >= 0.6 is 0 Å². The van der Waals surface area contributed by atoms with Gasteiger partial charge in [-0.1, -0.05) is 17.7 Å². The maximum atomic E-state index is 11.6. The average Bonchev–Trinajstić information content (AvgIpc) is 2.67. The number of nitrogens with zero attached hydrogens (tertiary/aromatic N) is 1. The molecule has 2 unspecified atom stereocenters. The van der Waals surface area contributed by atoms with Crippen molar-refractivity contribution in [2.45, 2.75) is 32.4 Å². The van der Waals surface area contributed by atoms with Crippen LogP contribution in [0.1, 0.15) is 18.9 Å². The summed E-state index contributed by atoms with van der Waals surface area (Å²) >= 11 is 0. The molecular formula is C14H19NO3. The Balaban J connectivity index is 1.86. The van der Waals surface area contributed by atoms with Gasteiger partial charge in [0.15, 0.2) is 0 Å². The smallest absolute Gasteiger partial charge is 0.225 e. The molecule has 1 amide bonds. The number of carbonyl (C=O) groups is 1. The number of hydrogen-bond donors (Lipinski definition) is 1. The molecule has 0 aliphatic carbocycles. The summed E-state index contributed by atoms with van der Waals surface area (Å²) < 4.78 is 5.64. The van der Waals surface area contributed by atoms with E-state index in [1.165, 1.54) is 5.56 Å². The highest BCUT2D eigenvalue weighted by Crippen LogP contribution is 2.16. The summed E-state index contributed by atoms with van der Waals surface area (Å²) in [6.45, 7) is 4.82. The molecule has 1 fully saturated rings. The molecule has 4 nitrogen and oxygen atoms in total. The van der Waals surface area contributed by atoms with E-state index in [4.69, 9.17) is 4.74 Å². The molecule has 0 radical (unpaired) electrons. The van der Waals surface area contributed by atoms with Crippen LogP contribution in [0.3, 0.4) is 0 Å². The summed E-state index contributed by atoms with van der Waals surface area (Å²) in [5.74, 6) is 0.808. The van der Waals surface area contributed by atoms with Crippen LogP contribution in [0.4, 0.5) is 0 Å². The van der Waals surface area contributed by atoms with E-state index in [1.54, 1.807) is 4.90 Å². The van der Waals surface area contributed by atoms with Crippen LogP contribution in [0.25, 0.3) is 0 Å². The maximum absolute atomic E-state index is 11.6. The molecular weight excluding hydrogens is 230 g/mol. The van der Waals surface area contributed by atoms with E-state index < -0.39 is 6.10 Å².